The molecule has 2 aliphatic rings. The molecule has 3 aromatic carbocycles. The monoisotopic (exact) mass is 552 g/mol. The van der Waals surface area contributed by atoms with Gasteiger partial charge in [0.15, 0.2) is 28.8 Å². The zero-order valence-corrected chi connectivity index (χ0v) is 22.4. The number of benzene rings is 3. The first kappa shape index (κ1) is 25.1. The number of aromatic nitrogens is 5. The maximum Gasteiger partial charge on any atom is 0.252 e. The minimum absolute atomic E-state index is 0.161. The van der Waals surface area contributed by atoms with Crippen molar-refractivity contribution >= 4 is 10.9 Å². The Bertz CT molecular complexity index is 1770. The molecule has 5 aromatic rings. The average Bonchev–Trinajstić information content (AvgIpc) is 3.75. The second-order valence-corrected chi connectivity index (χ2v) is 10.1. The average molecular weight is 553 g/mol. The Balaban J connectivity index is 1.26. The molecule has 0 spiro atoms. The maximum absolute atomic E-state index is 13.3. The van der Waals surface area contributed by atoms with Crippen LogP contribution >= 0.6 is 0 Å². The number of nitrogens with one attached hydrogen (secondary N) is 1. The van der Waals surface area contributed by atoms with Crippen LogP contribution in [0.1, 0.15) is 41.9 Å². The Hall–Kier alpha value is -4.90. The summed E-state index contributed by atoms with van der Waals surface area (Å²) in [4.78, 5) is 18.6. The van der Waals surface area contributed by atoms with Gasteiger partial charge >= 0.3 is 0 Å². The highest BCUT2D eigenvalue weighted by Gasteiger charge is 2.27. The van der Waals surface area contributed by atoms with Crippen molar-refractivity contribution in [2.24, 2.45) is 0 Å². The quantitative estimate of drug-likeness (QED) is 0.288. The summed E-state index contributed by atoms with van der Waals surface area (Å²) in [6, 6.07) is 21.5. The molecule has 0 unspecified atom stereocenters. The van der Waals surface area contributed by atoms with Crippen LogP contribution in [0.5, 0.6) is 23.0 Å². The lowest BCUT2D eigenvalue weighted by Gasteiger charge is -2.30. The Kier molecular flexibility index (Phi) is 6.48. The highest BCUT2D eigenvalue weighted by molar-refractivity contribution is 5.83. The molecule has 2 aromatic heterocycles. The van der Waals surface area contributed by atoms with Crippen LogP contribution in [-0.2, 0) is 19.6 Å². The first-order valence-electron chi connectivity index (χ1n) is 13.5. The molecule has 2 aliphatic heterocycles. The van der Waals surface area contributed by atoms with E-state index in [0.717, 1.165) is 34.5 Å². The fourth-order valence-corrected chi connectivity index (χ4v) is 5.45. The van der Waals surface area contributed by atoms with Gasteiger partial charge in [0.05, 0.1) is 18.1 Å². The van der Waals surface area contributed by atoms with E-state index in [0.29, 0.717) is 48.0 Å². The molecule has 1 atom stereocenters. The van der Waals surface area contributed by atoms with Crippen molar-refractivity contribution in [1.82, 2.24) is 30.1 Å². The molecule has 0 fully saturated rings. The number of pyridine rings is 1. The molecule has 208 valence electrons. The lowest BCUT2D eigenvalue weighted by atomic mass is 10.1. The summed E-state index contributed by atoms with van der Waals surface area (Å²) in [5.74, 6) is 3.46. The van der Waals surface area contributed by atoms with Crippen LogP contribution < -0.4 is 24.5 Å². The fraction of sp³-hybridized carbons (Fsp3) is 0.267. The second-order valence-electron chi connectivity index (χ2n) is 10.1. The summed E-state index contributed by atoms with van der Waals surface area (Å²) >= 11 is 0. The van der Waals surface area contributed by atoms with Crippen molar-refractivity contribution < 1.29 is 18.9 Å². The Morgan fingerprint density at radius 3 is 2.44 bits per heavy atom. The van der Waals surface area contributed by atoms with Crippen LogP contribution in [0, 0.1) is 0 Å². The highest BCUT2D eigenvalue weighted by atomic mass is 16.7. The number of fused-ring (bicyclic) bond motifs is 3. The van der Waals surface area contributed by atoms with E-state index in [1.807, 2.05) is 53.2 Å². The Morgan fingerprint density at radius 2 is 1.63 bits per heavy atom. The predicted octanol–water partition coefficient (Wildman–Crippen LogP) is 4.17. The van der Waals surface area contributed by atoms with Gasteiger partial charge in [0, 0.05) is 30.1 Å². The lowest BCUT2D eigenvalue weighted by molar-refractivity contribution is 0.161. The van der Waals surface area contributed by atoms with Crippen LogP contribution in [-0.4, -0.2) is 43.7 Å². The van der Waals surface area contributed by atoms with Crippen molar-refractivity contribution in [3.63, 3.8) is 0 Å². The number of ether oxygens (including phenoxy) is 4. The largest absolute Gasteiger partial charge is 0.454 e. The van der Waals surface area contributed by atoms with Crippen LogP contribution in [0.2, 0.25) is 0 Å². The van der Waals surface area contributed by atoms with Gasteiger partial charge in [-0.2, -0.15) is 0 Å². The molecule has 0 aliphatic carbocycles. The molecule has 41 heavy (non-hydrogen) atoms. The third kappa shape index (κ3) is 4.95. The molecule has 0 saturated heterocycles. The van der Waals surface area contributed by atoms with Gasteiger partial charge in [-0.05, 0) is 52.2 Å². The maximum atomic E-state index is 13.3. The number of aromatic amines is 1. The van der Waals surface area contributed by atoms with Gasteiger partial charge in [0.1, 0.15) is 0 Å². The van der Waals surface area contributed by atoms with Crippen LogP contribution in [0.3, 0.4) is 0 Å². The molecule has 11 heteroatoms. The van der Waals surface area contributed by atoms with E-state index >= 15 is 0 Å². The molecular weight excluding hydrogens is 524 g/mol. The standard InChI is InChI=1S/C30H28N6O5/c1-2-24(29-32-33-34-36(29)15-19-6-4-3-5-7-19)35(14-20-8-9-25-26(10-20)39-17-38-25)16-22-11-21-12-27-28(41-18-40-27)13-23(21)31-30(22)37/h3-13,24H,2,14-18H2,1H3,(H,31,37)/t24-/m1/s1. The number of nitrogens with zero attached hydrogens (tertiary/aromatic N) is 5. The number of hydrogen-bond donors (Lipinski definition) is 1. The number of rotatable bonds is 9. The second kappa shape index (κ2) is 10.6. The van der Waals surface area contributed by atoms with Crippen molar-refractivity contribution in [2.45, 2.75) is 39.0 Å². The Labute approximate surface area is 235 Å². The molecule has 0 bridgehead atoms. The zero-order chi connectivity index (χ0) is 27.8. The van der Waals surface area contributed by atoms with E-state index in [1.165, 1.54) is 0 Å². The van der Waals surface area contributed by atoms with E-state index < -0.39 is 0 Å². The molecule has 7 rings (SSSR count). The first-order valence-corrected chi connectivity index (χ1v) is 13.5. The van der Waals surface area contributed by atoms with Gasteiger partial charge in [-0.15, -0.1) is 5.10 Å². The van der Waals surface area contributed by atoms with Crippen molar-refractivity contribution in [2.75, 3.05) is 13.6 Å². The van der Waals surface area contributed by atoms with Crippen LogP contribution in [0.25, 0.3) is 10.9 Å². The molecule has 0 radical (unpaired) electrons. The van der Waals surface area contributed by atoms with E-state index in [-0.39, 0.29) is 25.2 Å². The molecule has 0 saturated carbocycles. The van der Waals surface area contributed by atoms with Gasteiger partial charge < -0.3 is 23.9 Å². The summed E-state index contributed by atoms with van der Waals surface area (Å²) < 4.78 is 24.0. The Morgan fingerprint density at radius 1 is 0.878 bits per heavy atom. The highest BCUT2D eigenvalue weighted by Crippen LogP contribution is 2.36. The minimum atomic E-state index is -0.175. The predicted molar refractivity (Wildman–Crippen MR) is 149 cm³/mol. The molecule has 4 heterocycles. The summed E-state index contributed by atoms with van der Waals surface area (Å²) in [7, 11) is 0. The van der Waals surface area contributed by atoms with Crippen molar-refractivity contribution in [3.8, 4) is 23.0 Å². The lowest BCUT2D eigenvalue weighted by Crippen LogP contribution is -2.32. The van der Waals surface area contributed by atoms with Crippen molar-refractivity contribution in [1.29, 1.82) is 0 Å². The molecule has 0 amide bonds. The van der Waals surface area contributed by atoms with Gasteiger partial charge in [-0.25, -0.2) is 4.68 Å². The van der Waals surface area contributed by atoms with Gasteiger partial charge in [0.25, 0.3) is 5.56 Å². The molecule has 11 nitrogen and oxygen atoms in total. The third-order valence-corrected chi connectivity index (χ3v) is 7.47. The number of tetrazole rings is 1. The van der Waals surface area contributed by atoms with Crippen LogP contribution in [0.15, 0.2) is 71.5 Å². The number of H-pyrrole nitrogens is 1. The van der Waals surface area contributed by atoms with E-state index in [4.69, 9.17) is 18.9 Å². The fourth-order valence-electron chi connectivity index (χ4n) is 5.45. The minimum Gasteiger partial charge on any atom is -0.454 e. The normalized spacial score (nSPS) is 14.2. The summed E-state index contributed by atoms with van der Waals surface area (Å²) in [6.45, 7) is 3.92. The van der Waals surface area contributed by atoms with Crippen LogP contribution in [0.4, 0.5) is 0 Å². The van der Waals surface area contributed by atoms with Gasteiger partial charge in [0.2, 0.25) is 13.6 Å². The topological polar surface area (TPSA) is 117 Å². The van der Waals surface area contributed by atoms with E-state index in [2.05, 4.69) is 44.5 Å². The van der Waals surface area contributed by atoms with Gasteiger partial charge in [-0.3, -0.25) is 9.69 Å². The van der Waals surface area contributed by atoms with E-state index in [1.54, 1.807) is 6.07 Å². The first-order chi connectivity index (χ1) is 20.1. The van der Waals surface area contributed by atoms with E-state index in [9.17, 15) is 4.79 Å². The summed E-state index contributed by atoms with van der Waals surface area (Å²) in [6.07, 6.45) is 0.726. The van der Waals surface area contributed by atoms with Gasteiger partial charge in [-0.1, -0.05) is 43.3 Å². The smallest absolute Gasteiger partial charge is 0.252 e. The summed E-state index contributed by atoms with van der Waals surface area (Å²) in [5, 5.41) is 13.7. The third-order valence-electron chi connectivity index (χ3n) is 7.47. The zero-order valence-electron chi connectivity index (χ0n) is 22.4. The number of hydrogen-bond acceptors (Lipinski definition) is 9. The summed E-state index contributed by atoms with van der Waals surface area (Å²) in [5.41, 5.74) is 3.28. The van der Waals surface area contributed by atoms with Crippen molar-refractivity contribution in [3.05, 3.63) is 99.6 Å². The molecule has 1 N–H and O–H groups in total. The SMILES string of the molecule is CC[C@H](c1nnnn1Cc1ccccc1)N(Cc1ccc2c(c1)OCO2)Cc1cc2cc3c(cc2[nH]c1=O)OCO3. The molecular formula is C30H28N6O5.